The third-order valence-electron chi connectivity index (χ3n) is 5.09. The van der Waals surface area contributed by atoms with Crippen molar-refractivity contribution in [3.63, 3.8) is 0 Å². The van der Waals surface area contributed by atoms with Crippen LogP contribution in [0.15, 0.2) is 66.7 Å². The first-order valence-corrected chi connectivity index (χ1v) is 11.1. The van der Waals surface area contributed by atoms with Crippen LogP contribution in [0.1, 0.15) is 49.9 Å². The first kappa shape index (κ1) is 23.1. The normalized spacial score (nSPS) is 11.6. The van der Waals surface area contributed by atoms with Crippen LogP contribution in [0, 0.1) is 0 Å². The molecule has 0 saturated carbocycles. The molecule has 1 unspecified atom stereocenters. The van der Waals surface area contributed by atoms with E-state index in [9.17, 15) is 9.59 Å². The van der Waals surface area contributed by atoms with E-state index in [4.69, 9.17) is 9.47 Å². The standard InChI is InChI=1S/C26H30N2O4/c1-3-4-5-8-17-31-23-14-12-21(13-15-23)26(30)28-27-25(29)19(2)32-24-16-11-20-9-6-7-10-22(20)18-24/h6-7,9-16,18-19H,3-5,8,17H2,1-2H3,(H,27,29)(H,28,30). The molecule has 0 aliphatic carbocycles. The molecule has 6 heteroatoms. The topological polar surface area (TPSA) is 76.7 Å². The molecule has 3 rings (SSSR count). The molecule has 2 N–H and O–H groups in total. The summed E-state index contributed by atoms with van der Waals surface area (Å²) in [5.41, 5.74) is 5.26. The van der Waals surface area contributed by atoms with Crippen LogP contribution in [-0.4, -0.2) is 24.5 Å². The van der Waals surface area contributed by atoms with Crippen molar-refractivity contribution in [1.29, 1.82) is 0 Å². The molecule has 0 fully saturated rings. The van der Waals surface area contributed by atoms with Crippen LogP contribution in [0.2, 0.25) is 0 Å². The minimum atomic E-state index is -0.778. The Morgan fingerprint density at radius 3 is 2.31 bits per heavy atom. The van der Waals surface area contributed by atoms with Gasteiger partial charge in [0.15, 0.2) is 6.10 Å². The van der Waals surface area contributed by atoms with Crippen LogP contribution in [0.5, 0.6) is 11.5 Å². The fraction of sp³-hybridized carbons (Fsp3) is 0.308. The molecule has 0 spiro atoms. The van der Waals surface area contributed by atoms with Crippen LogP contribution in [0.25, 0.3) is 10.8 Å². The number of carbonyl (C=O) groups is 2. The van der Waals surface area contributed by atoms with E-state index in [0.29, 0.717) is 17.9 Å². The number of hydrazine groups is 1. The maximum atomic E-state index is 12.3. The highest BCUT2D eigenvalue weighted by Crippen LogP contribution is 2.21. The van der Waals surface area contributed by atoms with Gasteiger partial charge in [-0.05, 0) is 60.5 Å². The Labute approximate surface area is 188 Å². The molecular formula is C26H30N2O4. The van der Waals surface area contributed by atoms with Gasteiger partial charge >= 0.3 is 0 Å². The summed E-state index contributed by atoms with van der Waals surface area (Å²) in [5, 5.41) is 2.12. The van der Waals surface area contributed by atoms with Crippen molar-refractivity contribution in [3.05, 3.63) is 72.3 Å². The second-order valence-electron chi connectivity index (χ2n) is 7.65. The number of unbranched alkanes of at least 4 members (excludes halogenated alkanes) is 3. The van der Waals surface area contributed by atoms with E-state index in [-0.39, 0.29) is 0 Å². The molecule has 3 aromatic carbocycles. The largest absolute Gasteiger partial charge is 0.494 e. The molecule has 0 saturated heterocycles. The van der Waals surface area contributed by atoms with Gasteiger partial charge in [0.05, 0.1) is 6.61 Å². The Kier molecular flexibility index (Phi) is 8.49. The van der Waals surface area contributed by atoms with E-state index < -0.39 is 17.9 Å². The molecule has 0 radical (unpaired) electrons. The van der Waals surface area contributed by atoms with Gasteiger partial charge in [-0.15, -0.1) is 0 Å². The Hall–Kier alpha value is -3.54. The first-order chi connectivity index (χ1) is 15.6. The number of hydrogen-bond donors (Lipinski definition) is 2. The lowest BCUT2D eigenvalue weighted by atomic mass is 10.1. The third-order valence-corrected chi connectivity index (χ3v) is 5.09. The van der Waals surface area contributed by atoms with Crippen molar-refractivity contribution in [3.8, 4) is 11.5 Å². The zero-order valence-corrected chi connectivity index (χ0v) is 18.6. The first-order valence-electron chi connectivity index (χ1n) is 11.1. The third kappa shape index (κ3) is 6.74. The molecule has 0 heterocycles. The predicted octanol–water partition coefficient (Wildman–Crippen LogP) is 5.03. The number of ether oxygens (including phenoxy) is 2. The molecule has 0 aliphatic heterocycles. The maximum absolute atomic E-state index is 12.3. The van der Waals surface area contributed by atoms with Crippen molar-refractivity contribution in [1.82, 2.24) is 10.9 Å². The minimum Gasteiger partial charge on any atom is -0.494 e. The Bertz CT molecular complexity index is 1030. The molecular weight excluding hydrogens is 404 g/mol. The highest BCUT2D eigenvalue weighted by atomic mass is 16.5. The van der Waals surface area contributed by atoms with E-state index >= 15 is 0 Å². The summed E-state index contributed by atoms with van der Waals surface area (Å²) in [6.45, 7) is 4.46. The molecule has 1 atom stereocenters. The van der Waals surface area contributed by atoms with Gasteiger partial charge in [0.1, 0.15) is 11.5 Å². The highest BCUT2D eigenvalue weighted by Gasteiger charge is 2.16. The second-order valence-corrected chi connectivity index (χ2v) is 7.65. The number of benzene rings is 3. The van der Waals surface area contributed by atoms with Crippen LogP contribution >= 0.6 is 0 Å². The van der Waals surface area contributed by atoms with Crippen molar-refractivity contribution in [2.24, 2.45) is 0 Å². The van der Waals surface area contributed by atoms with Gasteiger partial charge < -0.3 is 9.47 Å². The lowest BCUT2D eigenvalue weighted by Gasteiger charge is -2.15. The van der Waals surface area contributed by atoms with E-state index in [2.05, 4.69) is 17.8 Å². The number of rotatable bonds is 10. The SMILES string of the molecule is CCCCCCOc1ccc(C(=O)NNC(=O)C(C)Oc2ccc3ccccc3c2)cc1. The molecule has 0 aromatic heterocycles. The summed E-state index contributed by atoms with van der Waals surface area (Å²) in [6, 6.07) is 20.4. The Morgan fingerprint density at radius 1 is 0.844 bits per heavy atom. The fourth-order valence-electron chi connectivity index (χ4n) is 3.21. The summed E-state index contributed by atoms with van der Waals surface area (Å²) in [7, 11) is 0. The van der Waals surface area contributed by atoms with E-state index in [1.54, 1.807) is 31.2 Å². The molecule has 0 aliphatic rings. The molecule has 32 heavy (non-hydrogen) atoms. The number of nitrogens with one attached hydrogen (secondary N) is 2. The average Bonchev–Trinajstić information content (AvgIpc) is 2.82. The van der Waals surface area contributed by atoms with Crippen molar-refractivity contribution < 1.29 is 19.1 Å². The molecule has 6 nitrogen and oxygen atoms in total. The summed E-state index contributed by atoms with van der Waals surface area (Å²) in [4.78, 5) is 24.6. The maximum Gasteiger partial charge on any atom is 0.279 e. The number of hydrogen-bond acceptors (Lipinski definition) is 4. The van der Waals surface area contributed by atoms with Crippen molar-refractivity contribution in [2.45, 2.75) is 45.6 Å². The fourth-order valence-corrected chi connectivity index (χ4v) is 3.21. The summed E-state index contributed by atoms with van der Waals surface area (Å²) in [6.07, 6.45) is 3.79. The average molecular weight is 435 g/mol. The summed E-state index contributed by atoms with van der Waals surface area (Å²) >= 11 is 0. The lowest BCUT2D eigenvalue weighted by Crippen LogP contribution is -2.47. The second kappa shape index (κ2) is 11.7. The predicted molar refractivity (Wildman–Crippen MR) is 126 cm³/mol. The van der Waals surface area contributed by atoms with E-state index in [1.165, 1.54) is 12.8 Å². The smallest absolute Gasteiger partial charge is 0.279 e. The van der Waals surface area contributed by atoms with Gasteiger partial charge in [0.25, 0.3) is 11.8 Å². The van der Waals surface area contributed by atoms with Crippen LogP contribution in [0.3, 0.4) is 0 Å². The van der Waals surface area contributed by atoms with Gasteiger partial charge in [0, 0.05) is 5.56 Å². The van der Waals surface area contributed by atoms with E-state index in [0.717, 1.165) is 29.4 Å². The van der Waals surface area contributed by atoms with Crippen LogP contribution in [-0.2, 0) is 4.79 Å². The lowest BCUT2D eigenvalue weighted by molar-refractivity contribution is -0.128. The van der Waals surface area contributed by atoms with Gasteiger partial charge in [-0.2, -0.15) is 0 Å². The number of amides is 2. The minimum absolute atomic E-state index is 0.411. The Balaban J connectivity index is 1.44. The monoisotopic (exact) mass is 434 g/mol. The quantitative estimate of drug-likeness (QED) is 0.347. The van der Waals surface area contributed by atoms with Crippen LogP contribution in [0.4, 0.5) is 0 Å². The van der Waals surface area contributed by atoms with Gasteiger partial charge in [0.2, 0.25) is 0 Å². The van der Waals surface area contributed by atoms with Crippen molar-refractivity contribution >= 4 is 22.6 Å². The van der Waals surface area contributed by atoms with Crippen LogP contribution < -0.4 is 20.3 Å². The van der Waals surface area contributed by atoms with Gasteiger partial charge in [-0.3, -0.25) is 20.4 Å². The molecule has 3 aromatic rings. The van der Waals surface area contributed by atoms with Gasteiger partial charge in [-0.1, -0.05) is 56.5 Å². The number of carbonyl (C=O) groups excluding carboxylic acids is 2. The highest BCUT2D eigenvalue weighted by molar-refractivity contribution is 5.95. The Morgan fingerprint density at radius 2 is 1.56 bits per heavy atom. The van der Waals surface area contributed by atoms with Crippen molar-refractivity contribution in [2.75, 3.05) is 6.61 Å². The molecule has 0 bridgehead atoms. The number of fused-ring (bicyclic) bond motifs is 1. The summed E-state index contributed by atoms with van der Waals surface area (Å²) < 4.78 is 11.4. The zero-order valence-electron chi connectivity index (χ0n) is 18.6. The van der Waals surface area contributed by atoms with Gasteiger partial charge in [-0.25, -0.2) is 0 Å². The summed E-state index contributed by atoms with van der Waals surface area (Å²) in [5.74, 6) is 0.451. The molecule has 168 valence electrons. The zero-order chi connectivity index (χ0) is 22.8. The van der Waals surface area contributed by atoms with E-state index in [1.807, 2.05) is 42.5 Å². The molecule has 2 amide bonds.